The van der Waals surface area contributed by atoms with Crippen LogP contribution in [0, 0.1) is 0 Å². The van der Waals surface area contributed by atoms with Crippen LogP contribution in [0.2, 0.25) is 0 Å². The maximum atomic E-state index is 13.0. The molecule has 1 aliphatic heterocycles. The van der Waals surface area contributed by atoms with Gasteiger partial charge in [0.2, 0.25) is 10.0 Å². The first-order valence-electron chi connectivity index (χ1n) is 11.0. The number of rotatable bonds is 8. The van der Waals surface area contributed by atoms with Crippen molar-refractivity contribution < 1.29 is 22.7 Å². The molecule has 1 heterocycles. The smallest absolute Gasteiger partial charge is 0.340 e. The fraction of sp³-hybridized carbons (Fsp3) is 0.417. The molecular formula is C24H31N3O5S. The Hall–Kier alpha value is -2.91. The molecule has 1 atom stereocenters. The van der Waals surface area contributed by atoms with Crippen LogP contribution in [0.3, 0.4) is 0 Å². The van der Waals surface area contributed by atoms with E-state index in [2.05, 4.69) is 10.2 Å². The number of sulfonamides is 1. The summed E-state index contributed by atoms with van der Waals surface area (Å²) < 4.78 is 31.6. The summed E-state index contributed by atoms with van der Waals surface area (Å²) in [5, 5.41) is 2.80. The molecule has 0 radical (unpaired) electrons. The average molecular weight is 474 g/mol. The first-order valence-corrected chi connectivity index (χ1v) is 12.5. The van der Waals surface area contributed by atoms with Gasteiger partial charge in [0.1, 0.15) is 0 Å². The molecule has 0 aliphatic carbocycles. The van der Waals surface area contributed by atoms with Crippen LogP contribution < -0.4 is 10.2 Å². The lowest BCUT2D eigenvalue weighted by molar-refractivity contribution is -0.124. The van der Waals surface area contributed by atoms with Gasteiger partial charge < -0.3 is 15.0 Å². The summed E-state index contributed by atoms with van der Waals surface area (Å²) in [5.41, 5.74) is 1.70. The molecular weight excluding hydrogens is 442 g/mol. The third kappa shape index (κ3) is 6.11. The van der Waals surface area contributed by atoms with E-state index in [9.17, 15) is 18.0 Å². The van der Waals surface area contributed by atoms with Gasteiger partial charge in [0, 0.05) is 27.2 Å². The van der Waals surface area contributed by atoms with E-state index in [4.69, 9.17) is 4.74 Å². The van der Waals surface area contributed by atoms with E-state index in [1.807, 2.05) is 37.3 Å². The Morgan fingerprint density at radius 1 is 1.06 bits per heavy atom. The molecule has 2 aromatic carbocycles. The summed E-state index contributed by atoms with van der Waals surface area (Å²) in [4.78, 5) is 27.4. The Kier molecular flexibility index (Phi) is 8.10. The molecule has 1 fully saturated rings. The van der Waals surface area contributed by atoms with E-state index in [-0.39, 0.29) is 16.5 Å². The van der Waals surface area contributed by atoms with Crippen molar-refractivity contribution in [2.45, 2.75) is 37.1 Å². The Labute approximate surface area is 195 Å². The van der Waals surface area contributed by atoms with Gasteiger partial charge in [-0.2, -0.15) is 0 Å². The highest BCUT2D eigenvalue weighted by molar-refractivity contribution is 7.89. The van der Waals surface area contributed by atoms with E-state index in [1.165, 1.54) is 26.2 Å². The lowest BCUT2D eigenvalue weighted by Crippen LogP contribution is -2.33. The van der Waals surface area contributed by atoms with Crippen molar-refractivity contribution in [3.8, 4) is 0 Å². The van der Waals surface area contributed by atoms with Crippen LogP contribution in [-0.4, -0.2) is 58.4 Å². The Bertz CT molecular complexity index is 1080. The molecule has 9 heteroatoms. The van der Waals surface area contributed by atoms with Gasteiger partial charge in [-0.05, 0) is 49.9 Å². The number of carbonyl (C=O) groups excluding carboxylic acids is 2. The van der Waals surface area contributed by atoms with Gasteiger partial charge in [0.15, 0.2) is 6.61 Å². The molecule has 0 spiro atoms. The number of ether oxygens (including phenoxy) is 1. The van der Waals surface area contributed by atoms with Crippen molar-refractivity contribution in [1.29, 1.82) is 0 Å². The summed E-state index contributed by atoms with van der Waals surface area (Å²) in [7, 11) is -0.861. The zero-order valence-corrected chi connectivity index (χ0v) is 20.1. The molecule has 1 saturated heterocycles. The fourth-order valence-electron chi connectivity index (χ4n) is 3.78. The Balaban J connectivity index is 1.77. The van der Waals surface area contributed by atoms with E-state index < -0.39 is 28.5 Å². The number of anilines is 1. The van der Waals surface area contributed by atoms with Crippen LogP contribution in [0.4, 0.5) is 5.69 Å². The van der Waals surface area contributed by atoms with Gasteiger partial charge in [-0.1, -0.05) is 30.3 Å². The van der Waals surface area contributed by atoms with Crippen LogP contribution in [0.25, 0.3) is 0 Å². The zero-order chi connectivity index (χ0) is 24.0. The third-order valence-electron chi connectivity index (χ3n) is 5.67. The van der Waals surface area contributed by atoms with Gasteiger partial charge in [0.05, 0.1) is 22.2 Å². The number of hydrogen-bond acceptors (Lipinski definition) is 6. The highest BCUT2D eigenvalue weighted by Gasteiger charge is 2.25. The number of esters is 1. The van der Waals surface area contributed by atoms with Crippen LogP contribution >= 0.6 is 0 Å². The molecule has 0 bridgehead atoms. The molecule has 0 saturated carbocycles. The van der Waals surface area contributed by atoms with Crippen molar-refractivity contribution in [2.75, 3.05) is 38.7 Å². The zero-order valence-electron chi connectivity index (χ0n) is 19.3. The van der Waals surface area contributed by atoms with Crippen LogP contribution in [0.15, 0.2) is 53.4 Å². The van der Waals surface area contributed by atoms with Crippen molar-refractivity contribution in [3.63, 3.8) is 0 Å². The van der Waals surface area contributed by atoms with E-state index in [0.29, 0.717) is 5.69 Å². The first-order chi connectivity index (χ1) is 15.7. The molecule has 1 amide bonds. The van der Waals surface area contributed by atoms with Gasteiger partial charge in [-0.3, -0.25) is 4.79 Å². The van der Waals surface area contributed by atoms with Crippen molar-refractivity contribution in [1.82, 2.24) is 9.62 Å². The van der Waals surface area contributed by atoms with Crippen molar-refractivity contribution in [3.05, 3.63) is 59.7 Å². The molecule has 3 rings (SSSR count). The Morgan fingerprint density at radius 3 is 2.36 bits per heavy atom. The number of amides is 1. The van der Waals surface area contributed by atoms with Gasteiger partial charge in [-0.25, -0.2) is 17.5 Å². The molecule has 2 aromatic rings. The summed E-state index contributed by atoms with van der Waals surface area (Å²) in [6.07, 6.45) is 3.10. The largest absolute Gasteiger partial charge is 0.452 e. The van der Waals surface area contributed by atoms with Crippen LogP contribution in [-0.2, 0) is 19.6 Å². The van der Waals surface area contributed by atoms with Crippen LogP contribution in [0.5, 0.6) is 0 Å². The normalized spacial score (nSPS) is 15.2. The topological polar surface area (TPSA) is 96.0 Å². The SMILES string of the molecule is CC(NC(=O)COC(=O)c1cc(S(=O)(=O)N(C)C)ccc1N1CCCCC1)c1ccccc1. The summed E-state index contributed by atoms with van der Waals surface area (Å²) >= 11 is 0. The third-order valence-corrected chi connectivity index (χ3v) is 7.49. The monoisotopic (exact) mass is 473 g/mol. The average Bonchev–Trinajstić information content (AvgIpc) is 2.83. The highest BCUT2D eigenvalue weighted by atomic mass is 32.2. The molecule has 0 aromatic heterocycles. The minimum atomic E-state index is -3.73. The van der Waals surface area contributed by atoms with E-state index in [1.54, 1.807) is 6.07 Å². The first kappa shape index (κ1) is 24.7. The highest BCUT2D eigenvalue weighted by Crippen LogP contribution is 2.28. The second-order valence-electron chi connectivity index (χ2n) is 8.29. The second-order valence-corrected chi connectivity index (χ2v) is 10.4. The van der Waals surface area contributed by atoms with E-state index >= 15 is 0 Å². The van der Waals surface area contributed by atoms with E-state index in [0.717, 1.165) is 42.2 Å². The molecule has 1 aliphatic rings. The maximum absolute atomic E-state index is 13.0. The predicted molar refractivity (Wildman–Crippen MR) is 127 cm³/mol. The lowest BCUT2D eigenvalue weighted by Gasteiger charge is -2.30. The second kappa shape index (κ2) is 10.8. The van der Waals surface area contributed by atoms with Gasteiger partial charge in [0.25, 0.3) is 5.91 Å². The van der Waals surface area contributed by atoms with Crippen molar-refractivity contribution in [2.24, 2.45) is 0 Å². The molecule has 1 N–H and O–H groups in total. The quantitative estimate of drug-likeness (QED) is 0.592. The van der Waals surface area contributed by atoms with Gasteiger partial charge >= 0.3 is 5.97 Å². The van der Waals surface area contributed by atoms with Crippen LogP contribution in [0.1, 0.15) is 48.1 Å². The maximum Gasteiger partial charge on any atom is 0.340 e. The number of carbonyl (C=O) groups is 2. The number of nitrogens with one attached hydrogen (secondary N) is 1. The minimum absolute atomic E-state index is 0.00219. The number of hydrogen-bond donors (Lipinski definition) is 1. The molecule has 33 heavy (non-hydrogen) atoms. The number of benzene rings is 2. The summed E-state index contributed by atoms with van der Waals surface area (Å²) in [6, 6.07) is 13.7. The summed E-state index contributed by atoms with van der Waals surface area (Å²) in [5.74, 6) is -1.16. The lowest BCUT2D eigenvalue weighted by atomic mass is 10.1. The molecule has 8 nitrogen and oxygen atoms in total. The minimum Gasteiger partial charge on any atom is -0.452 e. The standard InChI is InChI=1S/C24H31N3O5S/c1-18(19-10-6-4-7-11-19)25-23(28)17-32-24(29)21-16-20(33(30,31)26(2)3)12-13-22(21)27-14-8-5-9-15-27/h4,6-7,10-13,16,18H,5,8-9,14-15,17H2,1-3H3,(H,25,28). The summed E-state index contributed by atoms with van der Waals surface area (Å²) in [6.45, 7) is 2.93. The molecule has 1 unspecified atom stereocenters. The number of piperidine rings is 1. The fourth-order valence-corrected chi connectivity index (χ4v) is 4.71. The number of nitrogens with zero attached hydrogens (tertiary/aromatic N) is 2. The molecule has 178 valence electrons. The van der Waals surface area contributed by atoms with Gasteiger partial charge in [-0.15, -0.1) is 0 Å². The van der Waals surface area contributed by atoms with Crippen molar-refractivity contribution >= 4 is 27.6 Å². The predicted octanol–water partition coefficient (Wildman–Crippen LogP) is 2.96. The Morgan fingerprint density at radius 2 is 1.73 bits per heavy atom.